The van der Waals surface area contributed by atoms with Gasteiger partial charge >= 0.3 is 0 Å². The van der Waals surface area contributed by atoms with E-state index in [4.69, 9.17) is 18.9 Å². The van der Waals surface area contributed by atoms with Gasteiger partial charge in [-0.2, -0.15) is 0 Å². The molecule has 1 saturated heterocycles. The minimum atomic E-state index is -0.829. The summed E-state index contributed by atoms with van der Waals surface area (Å²) in [7, 11) is 4.64. The number of benzene rings is 2. The number of nitrogens with zero attached hydrogens (tertiary/aromatic N) is 1. The molecule has 0 saturated carbocycles. The number of hydrogen-bond acceptors (Lipinski definition) is 7. The van der Waals surface area contributed by atoms with Gasteiger partial charge in [0.15, 0.2) is 11.5 Å². The second kappa shape index (κ2) is 11.0. The molecule has 1 heterocycles. The maximum atomic E-state index is 13.3. The van der Waals surface area contributed by atoms with Crippen molar-refractivity contribution in [2.45, 2.75) is 39.2 Å². The van der Waals surface area contributed by atoms with Crippen molar-refractivity contribution in [3.8, 4) is 17.2 Å². The number of carbonyl (C=O) groups excluding carboxylic acids is 2. The molecular formula is C28H35NO7. The second-order valence-electron chi connectivity index (χ2n) is 9.49. The molecule has 1 aliphatic rings. The van der Waals surface area contributed by atoms with Crippen LogP contribution in [-0.2, 0) is 19.7 Å². The zero-order valence-electron chi connectivity index (χ0n) is 22.0. The summed E-state index contributed by atoms with van der Waals surface area (Å²) >= 11 is 0. The Labute approximate surface area is 212 Å². The first kappa shape index (κ1) is 27.1. The van der Waals surface area contributed by atoms with Gasteiger partial charge in [0, 0.05) is 24.8 Å². The summed E-state index contributed by atoms with van der Waals surface area (Å²) in [6.07, 6.45) is 0. The van der Waals surface area contributed by atoms with Crippen molar-refractivity contribution in [1.29, 1.82) is 0 Å². The highest BCUT2D eigenvalue weighted by Crippen LogP contribution is 2.43. The smallest absolute Gasteiger partial charge is 0.295 e. The van der Waals surface area contributed by atoms with E-state index in [9.17, 15) is 14.7 Å². The predicted molar refractivity (Wildman–Crippen MR) is 137 cm³/mol. The van der Waals surface area contributed by atoms with Gasteiger partial charge in [-0.3, -0.25) is 9.59 Å². The second-order valence-corrected chi connectivity index (χ2v) is 9.49. The lowest BCUT2D eigenvalue weighted by Crippen LogP contribution is -2.32. The average Bonchev–Trinajstić information content (AvgIpc) is 3.11. The number of rotatable bonds is 9. The zero-order valence-corrected chi connectivity index (χ0v) is 22.0. The van der Waals surface area contributed by atoms with Gasteiger partial charge < -0.3 is 29.0 Å². The summed E-state index contributed by atoms with van der Waals surface area (Å²) < 4.78 is 21.8. The summed E-state index contributed by atoms with van der Waals surface area (Å²) in [5.74, 6) is -0.0223. The van der Waals surface area contributed by atoms with E-state index in [0.29, 0.717) is 35.0 Å². The molecule has 0 spiro atoms. The number of amides is 1. The Kier molecular flexibility index (Phi) is 8.30. The predicted octanol–water partition coefficient (Wildman–Crippen LogP) is 4.47. The number of methoxy groups -OCH3 is 3. The average molecular weight is 498 g/mol. The molecule has 0 aromatic heterocycles. The van der Waals surface area contributed by atoms with Crippen LogP contribution in [0.25, 0.3) is 5.76 Å². The van der Waals surface area contributed by atoms with Crippen molar-refractivity contribution in [1.82, 2.24) is 4.90 Å². The van der Waals surface area contributed by atoms with Crippen LogP contribution in [0.1, 0.15) is 50.4 Å². The number of aliphatic hydroxyl groups is 1. The highest BCUT2D eigenvalue weighted by Gasteiger charge is 2.46. The number of ketones is 1. The standard InChI is InChI=1S/C28H35NO7/c1-8-36-21-12-9-17(16-22(21)35-7)24-23(26(31)27(32)29(24)13-14-33-5)25(30)18-10-11-20(34-6)19(15-18)28(2,3)4/h9-12,15-16,24,30H,8,13-14H2,1-7H3/b25-23+. The third kappa shape index (κ3) is 5.18. The van der Waals surface area contributed by atoms with Crippen molar-refractivity contribution >= 4 is 17.4 Å². The maximum Gasteiger partial charge on any atom is 0.295 e. The highest BCUT2D eigenvalue weighted by atomic mass is 16.5. The number of aliphatic hydroxyl groups excluding tert-OH is 1. The highest BCUT2D eigenvalue weighted by molar-refractivity contribution is 6.46. The number of likely N-dealkylation sites (tertiary alicyclic amines) is 1. The fourth-order valence-corrected chi connectivity index (χ4v) is 4.37. The lowest BCUT2D eigenvalue weighted by atomic mass is 9.84. The molecule has 0 radical (unpaired) electrons. The minimum absolute atomic E-state index is 0.00680. The SMILES string of the molecule is CCOc1ccc(C2/C(=C(\O)c3ccc(OC)c(C(C)(C)C)c3)C(=O)C(=O)N2CCOC)cc1OC. The quantitative estimate of drug-likeness (QED) is 0.310. The van der Waals surface area contributed by atoms with E-state index in [0.717, 1.165) is 5.56 Å². The molecular weight excluding hydrogens is 462 g/mol. The molecule has 1 fully saturated rings. The summed E-state index contributed by atoms with van der Waals surface area (Å²) in [4.78, 5) is 27.8. The van der Waals surface area contributed by atoms with Crippen molar-refractivity contribution in [3.05, 3.63) is 58.7 Å². The van der Waals surface area contributed by atoms with Crippen molar-refractivity contribution in [2.24, 2.45) is 0 Å². The van der Waals surface area contributed by atoms with Crippen LogP contribution in [0.2, 0.25) is 0 Å². The van der Waals surface area contributed by atoms with E-state index in [1.807, 2.05) is 27.7 Å². The summed E-state index contributed by atoms with van der Waals surface area (Å²) in [6.45, 7) is 8.82. The number of hydrogen-bond donors (Lipinski definition) is 1. The Bertz CT molecular complexity index is 1160. The van der Waals surface area contributed by atoms with Crippen LogP contribution in [0.5, 0.6) is 17.2 Å². The fourth-order valence-electron chi connectivity index (χ4n) is 4.37. The van der Waals surface area contributed by atoms with E-state index < -0.39 is 17.7 Å². The van der Waals surface area contributed by atoms with Crippen molar-refractivity contribution in [2.75, 3.05) is 41.1 Å². The minimum Gasteiger partial charge on any atom is -0.507 e. The molecule has 2 aromatic carbocycles. The van der Waals surface area contributed by atoms with Gasteiger partial charge in [0.25, 0.3) is 11.7 Å². The van der Waals surface area contributed by atoms with Gasteiger partial charge in [0.2, 0.25) is 0 Å². The topological polar surface area (TPSA) is 94.5 Å². The monoisotopic (exact) mass is 497 g/mol. The molecule has 1 N–H and O–H groups in total. The van der Waals surface area contributed by atoms with E-state index >= 15 is 0 Å². The van der Waals surface area contributed by atoms with Crippen LogP contribution in [-0.4, -0.2) is 62.8 Å². The van der Waals surface area contributed by atoms with Gasteiger partial charge in [-0.05, 0) is 48.2 Å². The van der Waals surface area contributed by atoms with Crippen LogP contribution in [0.4, 0.5) is 0 Å². The largest absolute Gasteiger partial charge is 0.507 e. The zero-order chi connectivity index (χ0) is 26.6. The fraction of sp³-hybridized carbons (Fsp3) is 0.429. The molecule has 3 rings (SSSR count). The Morgan fingerprint density at radius 3 is 2.22 bits per heavy atom. The number of carbonyl (C=O) groups is 2. The maximum absolute atomic E-state index is 13.3. The van der Waals surface area contributed by atoms with Crippen LogP contribution in [0, 0.1) is 0 Å². The first-order valence-electron chi connectivity index (χ1n) is 11.9. The molecule has 1 unspecified atom stereocenters. The van der Waals surface area contributed by atoms with Gasteiger partial charge in [0.05, 0.1) is 39.0 Å². The molecule has 8 heteroatoms. The molecule has 0 aliphatic carbocycles. The van der Waals surface area contributed by atoms with Gasteiger partial charge in [-0.1, -0.05) is 26.8 Å². The molecule has 2 aromatic rings. The molecule has 8 nitrogen and oxygen atoms in total. The van der Waals surface area contributed by atoms with Crippen LogP contribution >= 0.6 is 0 Å². The molecule has 0 bridgehead atoms. The third-order valence-corrected chi connectivity index (χ3v) is 6.16. The Morgan fingerprint density at radius 1 is 0.972 bits per heavy atom. The van der Waals surface area contributed by atoms with Crippen LogP contribution in [0.15, 0.2) is 42.0 Å². The first-order valence-corrected chi connectivity index (χ1v) is 11.9. The normalized spacial score (nSPS) is 17.4. The lowest BCUT2D eigenvalue weighted by Gasteiger charge is -2.26. The van der Waals surface area contributed by atoms with Gasteiger partial charge in [0.1, 0.15) is 11.5 Å². The number of ether oxygens (including phenoxy) is 4. The lowest BCUT2D eigenvalue weighted by molar-refractivity contribution is -0.140. The van der Waals surface area contributed by atoms with Gasteiger partial charge in [-0.25, -0.2) is 0 Å². The van der Waals surface area contributed by atoms with E-state index in [1.54, 1.807) is 43.5 Å². The van der Waals surface area contributed by atoms with Gasteiger partial charge in [-0.15, -0.1) is 0 Å². The van der Waals surface area contributed by atoms with E-state index in [1.165, 1.54) is 19.1 Å². The van der Waals surface area contributed by atoms with Crippen molar-refractivity contribution in [3.63, 3.8) is 0 Å². The van der Waals surface area contributed by atoms with Crippen LogP contribution in [0.3, 0.4) is 0 Å². The van der Waals surface area contributed by atoms with E-state index in [-0.39, 0.29) is 29.9 Å². The Balaban J connectivity index is 2.23. The molecule has 1 aliphatic heterocycles. The summed E-state index contributed by atoms with van der Waals surface area (Å²) in [6, 6.07) is 9.64. The summed E-state index contributed by atoms with van der Waals surface area (Å²) in [5.41, 5.74) is 1.62. The molecule has 194 valence electrons. The number of Topliss-reactive ketones (excluding diaryl/α,β-unsaturated/α-hetero) is 1. The molecule has 1 atom stereocenters. The first-order chi connectivity index (χ1) is 17.1. The summed E-state index contributed by atoms with van der Waals surface area (Å²) in [5, 5.41) is 11.5. The van der Waals surface area contributed by atoms with E-state index in [2.05, 4.69) is 0 Å². The van der Waals surface area contributed by atoms with Crippen molar-refractivity contribution < 1.29 is 33.6 Å². The third-order valence-electron chi connectivity index (χ3n) is 6.16. The Morgan fingerprint density at radius 2 is 1.64 bits per heavy atom. The Hall–Kier alpha value is -3.52. The molecule has 1 amide bonds. The molecule has 36 heavy (non-hydrogen) atoms. The van der Waals surface area contributed by atoms with Crippen LogP contribution < -0.4 is 14.2 Å².